The van der Waals surface area contributed by atoms with Gasteiger partial charge in [-0.05, 0) is 18.1 Å². The van der Waals surface area contributed by atoms with E-state index in [0.717, 1.165) is 25.1 Å². The zero-order chi connectivity index (χ0) is 13.1. The normalized spacial score (nSPS) is 17.6. The minimum absolute atomic E-state index is 0.100. The summed E-state index contributed by atoms with van der Waals surface area (Å²) in [6.07, 6.45) is 1.16. The molecule has 0 aromatic heterocycles. The lowest BCUT2D eigenvalue weighted by Gasteiger charge is -2.20. The summed E-state index contributed by atoms with van der Waals surface area (Å²) in [6, 6.07) is 8.09. The minimum Gasteiger partial charge on any atom is -0.481 e. The van der Waals surface area contributed by atoms with Gasteiger partial charge in [0.25, 0.3) is 0 Å². The van der Waals surface area contributed by atoms with Crippen LogP contribution in [0.25, 0.3) is 0 Å². The number of carboxylic acids is 1. The Morgan fingerprint density at radius 2 is 2.22 bits per heavy atom. The van der Waals surface area contributed by atoms with Gasteiger partial charge in [-0.3, -0.25) is 4.79 Å². The number of para-hydroxylation sites is 1. The standard InChI is InChI=1S/C15H19NO2/c1-3-11(2)9-16-10-12(8-15(17)18)13-6-4-5-7-14(13)16/h4-7,12H,2-3,8-10H2,1H3,(H,17,18). The fourth-order valence-electron chi connectivity index (χ4n) is 2.50. The maximum Gasteiger partial charge on any atom is 0.304 e. The molecule has 0 radical (unpaired) electrons. The van der Waals surface area contributed by atoms with Gasteiger partial charge in [0.2, 0.25) is 0 Å². The number of carbonyl (C=O) groups is 1. The van der Waals surface area contributed by atoms with Crippen LogP contribution >= 0.6 is 0 Å². The van der Waals surface area contributed by atoms with Gasteiger partial charge >= 0.3 is 5.97 Å². The molecule has 0 spiro atoms. The molecule has 0 fully saturated rings. The predicted molar refractivity (Wildman–Crippen MR) is 73.1 cm³/mol. The number of fused-ring (bicyclic) bond motifs is 1. The Morgan fingerprint density at radius 1 is 1.50 bits per heavy atom. The van der Waals surface area contributed by atoms with E-state index in [9.17, 15) is 4.79 Å². The van der Waals surface area contributed by atoms with Gasteiger partial charge in [0.15, 0.2) is 0 Å². The van der Waals surface area contributed by atoms with Crippen molar-refractivity contribution < 1.29 is 9.90 Å². The van der Waals surface area contributed by atoms with Gasteiger partial charge in [0.1, 0.15) is 0 Å². The van der Waals surface area contributed by atoms with Crippen LogP contribution in [-0.4, -0.2) is 24.2 Å². The Hall–Kier alpha value is -1.77. The molecule has 0 saturated carbocycles. The average molecular weight is 245 g/mol. The summed E-state index contributed by atoms with van der Waals surface area (Å²) in [5.41, 5.74) is 3.50. The molecular weight excluding hydrogens is 226 g/mol. The summed E-state index contributed by atoms with van der Waals surface area (Å²) in [6.45, 7) is 7.74. The van der Waals surface area contributed by atoms with E-state index in [-0.39, 0.29) is 12.3 Å². The largest absolute Gasteiger partial charge is 0.481 e. The molecule has 1 atom stereocenters. The van der Waals surface area contributed by atoms with Crippen LogP contribution in [0.1, 0.15) is 31.2 Å². The summed E-state index contributed by atoms with van der Waals surface area (Å²) in [4.78, 5) is 13.2. The van der Waals surface area contributed by atoms with E-state index in [0.29, 0.717) is 0 Å². The molecule has 0 saturated heterocycles. The number of aliphatic carboxylic acids is 1. The van der Waals surface area contributed by atoms with Crippen molar-refractivity contribution in [2.45, 2.75) is 25.7 Å². The second kappa shape index (κ2) is 5.25. The summed E-state index contributed by atoms with van der Waals surface area (Å²) in [7, 11) is 0. The fraction of sp³-hybridized carbons (Fsp3) is 0.400. The Morgan fingerprint density at radius 3 is 2.89 bits per heavy atom. The Bertz CT molecular complexity index is 467. The molecule has 1 heterocycles. The topological polar surface area (TPSA) is 40.5 Å². The number of carboxylic acid groups (broad SMARTS) is 1. The molecule has 1 aliphatic heterocycles. The molecule has 3 heteroatoms. The number of rotatable bonds is 5. The van der Waals surface area contributed by atoms with Crippen LogP contribution in [0.2, 0.25) is 0 Å². The van der Waals surface area contributed by atoms with E-state index < -0.39 is 5.97 Å². The first-order valence-corrected chi connectivity index (χ1v) is 6.34. The van der Waals surface area contributed by atoms with Crippen LogP contribution < -0.4 is 4.90 Å². The van der Waals surface area contributed by atoms with Crippen molar-refractivity contribution in [3.8, 4) is 0 Å². The molecule has 2 rings (SSSR count). The summed E-state index contributed by atoms with van der Waals surface area (Å²) in [5.74, 6) is -0.630. The first-order chi connectivity index (χ1) is 8.61. The van der Waals surface area contributed by atoms with Crippen molar-refractivity contribution in [2.75, 3.05) is 18.0 Å². The van der Waals surface area contributed by atoms with Crippen LogP contribution in [0.5, 0.6) is 0 Å². The molecule has 0 bridgehead atoms. The third-order valence-electron chi connectivity index (χ3n) is 3.49. The summed E-state index contributed by atoms with van der Waals surface area (Å²) >= 11 is 0. The van der Waals surface area contributed by atoms with Crippen LogP contribution in [0.3, 0.4) is 0 Å². The Balaban J connectivity index is 2.21. The lowest BCUT2D eigenvalue weighted by atomic mass is 9.98. The van der Waals surface area contributed by atoms with Gasteiger partial charge in [-0.25, -0.2) is 0 Å². The van der Waals surface area contributed by atoms with E-state index >= 15 is 0 Å². The SMILES string of the molecule is C=C(CC)CN1CC(CC(=O)O)c2ccccc21. The number of hydrogen-bond acceptors (Lipinski definition) is 2. The van der Waals surface area contributed by atoms with Crippen molar-refractivity contribution >= 4 is 11.7 Å². The Labute approximate surface area is 108 Å². The molecular formula is C15H19NO2. The number of anilines is 1. The van der Waals surface area contributed by atoms with Gasteiger partial charge in [0.05, 0.1) is 6.42 Å². The quantitative estimate of drug-likeness (QED) is 0.811. The Kier molecular flexibility index (Phi) is 3.70. The highest BCUT2D eigenvalue weighted by atomic mass is 16.4. The van der Waals surface area contributed by atoms with Crippen molar-refractivity contribution in [1.29, 1.82) is 0 Å². The van der Waals surface area contributed by atoms with Crippen molar-refractivity contribution in [2.24, 2.45) is 0 Å². The zero-order valence-electron chi connectivity index (χ0n) is 10.7. The van der Waals surface area contributed by atoms with Gasteiger partial charge in [-0.15, -0.1) is 0 Å². The van der Waals surface area contributed by atoms with Crippen molar-refractivity contribution in [1.82, 2.24) is 0 Å². The van der Waals surface area contributed by atoms with Gasteiger partial charge < -0.3 is 10.0 Å². The molecule has 0 amide bonds. The van der Waals surface area contributed by atoms with E-state index in [1.807, 2.05) is 18.2 Å². The highest BCUT2D eigenvalue weighted by molar-refractivity contribution is 5.71. The molecule has 1 N–H and O–H groups in total. The lowest BCUT2D eigenvalue weighted by Crippen LogP contribution is -2.24. The maximum absolute atomic E-state index is 10.9. The lowest BCUT2D eigenvalue weighted by molar-refractivity contribution is -0.137. The smallest absolute Gasteiger partial charge is 0.304 e. The van der Waals surface area contributed by atoms with E-state index in [1.54, 1.807) is 0 Å². The first kappa shape index (κ1) is 12.7. The number of hydrogen-bond donors (Lipinski definition) is 1. The van der Waals surface area contributed by atoms with Gasteiger partial charge in [-0.2, -0.15) is 0 Å². The van der Waals surface area contributed by atoms with Crippen molar-refractivity contribution in [3.63, 3.8) is 0 Å². The van der Waals surface area contributed by atoms with Gasteiger partial charge in [0, 0.05) is 24.7 Å². The van der Waals surface area contributed by atoms with Crippen LogP contribution in [0, 0.1) is 0 Å². The van der Waals surface area contributed by atoms with Crippen molar-refractivity contribution in [3.05, 3.63) is 42.0 Å². The maximum atomic E-state index is 10.9. The van der Waals surface area contributed by atoms with E-state index in [2.05, 4.69) is 24.5 Å². The number of nitrogens with zero attached hydrogens (tertiary/aromatic N) is 1. The molecule has 18 heavy (non-hydrogen) atoms. The molecule has 1 aromatic carbocycles. The zero-order valence-corrected chi connectivity index (χ0v) is 10.7. The van der Waals surface area contributed by atoms with Crippen LogP contribution in [0.4, 0.5) is 5.69 Å². The monoisotopic (exact) mass is 245 g/mol. The minimum atomic E-state index is -0.731. The first-order valence-electron chi connectivity index (χ1n) is 6.34. The summed E-state index contributed by atoms with van der Waals surface area (Å²) < 4.78 is 0. The van der Waals surface area contributed by atoms with E-state index in [4.69, 9.17) is 5.11 Å². The molecule has 1 aromatic rings. The molecule has 0 aliphatic carbocycles. The highest BCUT2D eigenvalue weighted by Crippen LogP contribution is 2.38. The molecule has 1 unspecified atom stereocenters. The molecule has 96 valence electrons. The van der Waals surface area contributed by atoms with Crippen LogP contribution in [-0.2, 0) is 4.79 Å². The fourth-order valence-corrected chi connectivity index (χ4v) is 2.50. The second-order valence-electron chi connectivity index (χ2n) is 4.84. The molecule has 3 nitrogen and oxygen atoms in total. The van der Waals surface area contributed by atoms with Gasteiger partial charge in [-0.1, -0.05) is 37.3 Å². The summed E-state index contributed by atoms with van der Waals surface area (Å²) in [5, 5.41) is 8.98. The highest BCUT2D eigenvalue weighted by Gasteiger charge is 2.29. The second-order valence-corrected chi connectivity index (χ2v) is 4.84. The third kappa shape index (κ3) is 2.55. The molecule has 1 aliphatic rings. The third-order valence-corrected chi connectivity index (χ3v) is 3.49. The van der Waals surface area contributed by atoms with Crippen LogP contribution in [0.15, 0.2) is 36.4 Å². The van der Waals surface area contributed by atoms with E-state index in [1.165, 1.54) is 11.3 Å². The predicted octanol–water partition coefficient (Wildman–Crippen LogP) is 3.03. The average Bonchev–Trinajstić information content (AvgIpc) is 2.67. The number of benzene rings is 1.